The van der Waals surface area contributed by atoms with Crippen molar-refractivity contribution in [1.82, 2.24) is 5.32 Å². The van der Waals surface area contributed by atoms with Gasteiger partial charge in [-0.15, -0.1) is 0 Å². The van der Waals surface area contributed by atoms with Gasteiger partial charge < -0.3 is 5.32 Å². The minimum Gasteiger partial charge on any atom is -0.310 e. The number of hydrogen-bond acceptors (Lipinski definition) is 2. The Morgan fingerprint density at radius 2 is 1.93 bits per heavy atom. The van der Waals surface area contributed by atoms with Gasteiger partial charge in [-0.05, 0) is 37.1 Å². The Kier molecular flexibility index (Phi) is 4.86. The van der Waals surface area contributed by atoms with Crippen molar-refractivity contribution in [3.8, 4) is 6.07 Å². The van der Waals surface area contributed by atoms with Crippen molar-refractivity contribution >= 4 is 0 Å². The zero-order valence-electron chi connectivity index (χ0n) is 9.46. The largest absolute Gasteiger partial charge is 0.310 e. The fourth-order valence-electron chi connectivity index (χ4n) is 1.61. The first-order valence-electron chi connectivity index (χ1n) is 5.55. The van der Waals surface area contributed by atoms with E-state index in [2.05, 4.69) is 25.2 Å². The lowest BCUT2D eigenvalue weighted by Gasteiger charge is -2.16. The molecule has 1 aromatic rings. The van der Waals surface area contributed by atoms with Crippen molar-refractivity contribution in [2.75, 3.05) is 6.54 Å². The van der Waals surface area contributed by atoms with Gasteiger partial charge in [-0.3, -0.25) is 0 Å². The molecule has 0 aliphatic rings. The highest BCUT2D eigenvalue weighted by Crippen LogP contribution is 2.16. The normalized spacial score (nSPS) is 12.1. The van der Waals surface area contributed by atoms with Gasteiger partial charge in [0, 0.05) is 6.04 Å². The van der Waals surface area contributed by atoms with E-state index in [1.807, 2.05) is 24.3 Å². The average Bonchev–Trinajstić information content (AvgIpc) is 2.31. The standard InChI is InChI=1S/C13H18N2/c1-3-9-15-13(4-2)12-7-5-11(10-14)6-8-12/h5-8,13,15H,3-4,9H2,1-2H3. The van der Waals surface area contributed by atoms with E-state index >= 15 is 0 Å². The Morgan fingerprint density at radius 1 is 1.27 bits per heavy atom. The van der Waals surface area contributed by atoms with E-state index in [-0.39, 0.29) is 0 Å². The molecule has 0 saturated carbocycles. The van der Waals surface area contributed by atoms with Crippen molar-refractivity contribution in [1.29, 1.82) is 5.26 Å². The van der Waals surface area contributed by atoms with Gasteiger partial charge in [0.15, 0.2) is 0 Å². The van der Waals surface area contributed by atoms with Crippen LogP contribution in [0.25, 0.3) is 0 Å². The quantitative estimate of drug-likeness (QED) is 0.796. The first-order valence-corrected chi connectivity index (χ1v) is 5.55. The van der Waals surface area contributed by atoms with E-state index in [9.17, 15) is 0 Å². The van der Waals surface area contributed by atoms with Gasteiger partial charge >= 0.3 is 0 Å². The lowest BCUT2D eigenvalue weighted by atomic mass is 10.0. The van der Waals surface area contributed by atoms with Crippen LogP contribution in [0.1, 0.15) is 43.9 Å². The summed E-state index contributed by atoms with van der Waals surface area (Å²) in [6.07, 6.45) is 2.22. The molecule has 2 nitrogen and oxygen atoms in total. The summed E-state index contributed by atoms with van der Waals surface area (Å²) < 4.78 is 0. The Balaban J connectivity index is 2.70. The second kappa shape index (κ2) is 6.21. The van der Waals surface area contributed by atoms with Crippen LogP contribution in [0.4, 0.5) is 0 Å². The molecule has 1 rings (SSSR count). The van der Waals surface area contributed by atoms with Crippen LogP contribution in [-0.4, -0.2) is 6.54 Å². The number of nitriles is 1. The summed E-state index contributed by atoms with van der Waals surface area (Å²) >= 11 is 0. The molecule has 0 heterocycles. The molecule has 0 aliphatic carbocycles. The van der Waals surface area contributed by atoms with Crippen molar-refractivity contribution in [3.63, 3.8) is 0 Å². The van der Waals surface area contributed by atoms with Crippen LogP contribution >= 0.6 is 0 Å². The SMILES string of the molecule is CCCNC(CC)c1ccc(C#N)cc1. The topological polar surface area (TPSA) is 35.8 Å². The molecule has 1 atom stereocenters. The predicted molar refractivity (Wildman–Crippen MR) is 62.5 cm³/mol. The van der Waals surface area contributed by atoms with Crippen LogP contribution in [0, 0.1) is 11.3 Å². The van der Waals surface area contributed by atoms with Crippen molar-refractivity contribution in [2.24, 2.45) is 0 Å². The van der Waals surface area contributed by atoms with Crippen LogP contribution in [0.2, 0.25) is 0 Å². The fourth-order valence-corrected chi connectivity index (χ4v) is 1.61. The summed E-state index contributed by atoms with van der Waals surface area (Å²) in [5.41, 5.74) is 1.99. The predicted octanol–water partition coefficient (Wildman–Crippen LogP) is 3.01. The van der Waals surface area contributed by atoms with E-state index < -0.39 is 0 Å². The minimum atomic E-state index is 0.415. The summed E-state index contributed by atoms with van der Waals surface area (Å²) in [5, 5.41) is 12.2. The van der Waals surface area contributed by atoms with Crippen molar-refractivity contribution in [3.05, 3.63) is 35.4 Å². The molecule has 0 fully saturated rings. The van der Waals surface area contributed by atoms with Crippen LogP contribution in [-0.2, 0) is 0 Å². The maximum absolute atomic E-state index is 8.70. The molecule has 0 amide bonds. The van der Waals surface area contributed by atoms with E-state index in [4.69, 9.17) is 5.26 Å². The van der Waals surface area contributed by atoms with Gasteiger partial charge in [-0.2, -0.15) is 5.26 Å². The number of benzene rings is 1. The van der Waals surface area contributed by atoms with Crippen LogP contribution in [0.3, 0.4) is 0 Å². The minimum absolute atomic E-state index is 0.415. The number of hydrogen-bond donors (Lipinski definition) is 1. The highest BCUT2D eigenvalue weighted by Gasteiger charge is 2.07. The molecular formula is C13H18N2. The summed E-state index contributed by atoms with van der Waals surface area (Å²) in [4.78, 5) is 0. The third-order valence-electron chi connectivity index (χ3n) is 2.49. The van der Waals surface area contributed by atoms with E-state index in [0.717, 1.165) is 24.9 Å². The molecule has 1 unspecified atom stereocenters. The van der Waals surface area contributed by atoms with Gasteiger partial charge in [0.1, 0.15) is 0 Å². The summed E-state index contributed by atoms with van der Waals surface area (Å²) in [5.74, 6) is 0. The molecule has 0 saturated heterocycles. The van der Waals surface area contributed by atoms with Gasteiger partial charge in [-0.1, -0.05) is 26.0 Å². The summed E-state index contributed by atoms with van der Waals surface area (Å²) in [6.45, 7) is 5.38. The smallest absolute Gasteiger partial charge is 0.0991 e. The fraction of sp³-hybridized carbons (Fsp3) is 0.462. The lowest BCUT2D eigenvalue weighted by molar-refractivity contribution is 0.518. The first kappa shape index (κ1) is 11.7. The van der Waals surface area contributed by atoms with E-state index in [1.165, 1.54) is 5.56 Å². The van der Waals surface area contributed by atoms with Gasteiger partial charge in [0.2, 0.25) is 0 Å². The average molecular weight is 202 g/mol. The van der Waals surface area contributed by atoms with Crippen LogP contribution in [0.5, 0.6) is 0 Å². The van der Waals surface area contributed by atoms with E-state index in [1.54, 1.807) is 0 Å². The number of rotatable bonds is 5. The molecule has 0 spiro atoms. The molecular weight excluding hydrogens is 184 g/mol. The summed E-state index contributed by atoms with van der Waals surface area (Å²) in [7, 11) is 0. The molecule has 2 heteroatoms. The van der Waals surface area contributed by atoms with Crippen molar-refractivity contribution in [2.45, 2.75) is 32.7 Å². The number of nitrogens with zero attached hydrogens (tertiary/aromatic N) is 1. The second-order valence-electron chi connectivity index (χ2n) is 3.65. The zero-order chi connectivity index (χ0) is 11.1. The number of nitrogens with one attached hydrogen (secondary N) is 1. The lowest BCUT2D eigenvalue weighted by Crippen LogP contribution is -2.21. The Labute approximate surface area is 91.9 Å². The Hall–Kier alpha value is -1.33. The zero-order valence-corrected chi connectivity index (χ0v) is 9.46. The van der Waals surface area contributed by atoms with Gasteiger partial charge in [0.05, 0.1) is 11.6 Å². The first-order chi connectivity index (χ1) is 7.31. The third-order valence-corrected chi connectivity index (χ3v) is 2.49. The molecule has 1 N–H and O–H groups in total. The van der Waals surface area contributed by atoms with Gasteiger partial charge in [0.25, 0.3) is 0 Å². The maximum atomic E-state index is 8.70. The van der Waals surface area contributed by atoms with E-state index in [0.29, 0.717) is 6.04 Å². The molecule has 0 aromatic heterocycles. The highest BCUT2D eigenvalue weighted by molar-refractivity contribution is 5.32. The van der Waals surface area contributed by atoms with Crippen molar-refractivity contribution < 1.29 is 0 Å². The highest BCUT2D eigenvalue weighted by atomic mass is 14.9. The Bertz CT molecular complexity index is 321. The Morgan fingerprint density at radius 3 is 2.40 bits per heavy atom. The maximum Gasteiger partial charge on any atom is 0.0991 e. The molecule has 80 valence electrons. The third kappa shape index (κ3) is 3.38. The van der Waals surface area contributed by atoms with Gasteiger partial charge in [-0.25, -0.2) is 0 Å². The van der Waals surface area contributed by atoms with Crippen LogP contribution < -0.4 is 5.32 Å². The molecule has 15 heavy (non-hydrogen) atoms. The molecule has 0 aliphatic heterocycles. The summed E-state index contributed by atoms with van der Waals surface area (Å²) in [6, 6.07) is 10.4. The second-order valence-corrected chi connectivity index (χ2v) is 3.65. The molecule has 0 radical (unpaired) electrons. The monoisotopic (exact) mass is 202 g/mol. The van der Waals surface area contributed by atoms with Crippen LogP contribution in [0.15, 0.2) is 24.3 Å². The molecule has 0 bridgehead atoms. The molecule has 1 aromatic carbocycles.